The number of hydrogen-bond acceptors (Lipinski definition) is 1. The first-order valence-electron chi connectivity index (χ1n) is 2.66. The van der Waals surface area contributed by atoms with Crippen molar-refractivity contribution in [2.45, 2.75) is 6.42 Å². The molecule has 0 saturated carbocycles. The van der Waals surface area contributed by atoms with Crippen LogP contribution in [0, 0.1) is 6.92 Å². The van der Waals surface area contributed by atoms with Gasteiger partial charge in [-0.1, -0.05) is 6.08 Å². The van der Waals surface area contributed by atoms with Gasteiger partial charge in [-0.25, -0.2) is 0 Å². The zero-order valence-electron chi connectivity index (χ0n) is 6.15. The molecular weight excluding hydrogens is 98.1 g/mol. The Balaban J connectivity index is 0. The Kier molecular flexibility index (Phi) is 13.1. The highest BCUT2D eigenvalue weighted by molar-refractivity contribution is 4.65. The fourth-order valence-electron chi connectivity index (χ4n) is 0. The van der Waals surface area contributed by atoms with E-state index < -0.39 is 0 Å². The van der Waals surface area contributed by atoms with Crippen molar-refractivity contribution in [3.05, 3.63) is 19.6 Å². The van der Waals surface area contributed by atoms with Gasteiger partial charge in [0.2, 0.25) is 0 Å². The van der Waals surface area contributed by atoms with E-state index in [0.717, 1.165) is 6.42 Å². The average Bonchev–Trinajstić information content (AvgIpc) is 1.65. The number of nitrogens with zero attached hydrogens (tertiary/aromatic N) is 1. The summed E-state index contributed by atoms with van der Waals surface area (Å²) in [5, 5.41) is 0. The lowest BCUT2D eigenvalue weighted by molar-refractivity contribution is 0.505. The van der Waals surface area contributed by atoms with Crippen molar-refractivity contribution in [3.63, 3.8) is 0 Å². The molecular formula is C7H16N. The molecule has 0 saturated heterocycles. The maximum atomic E-state index is 3.49. The third kappa shape index (κ3) is 257. The van der Waals surface area contributed by atoms with Crippen LogP contribution in [-0.4, -0.2) is 26.0 Å². The zero-order valence-corrected chi connectivity index (χ0v) is 6.15. The van der Waals surface area contributed by atoms with Crippen LogP contribution in [-0.2, 0) is 0 Å². The minimum absolute atomic E-state index is 0.833. The highest BCUT2D eigenvalue weighted by Crippen LogP contribution is 1.65. The Labute approximate surface area is 53.0 Å². The van der Waals surface area contributed by atoms with E-state index in [-0.39, 0.29) is 0 Å². The van der Waals surface area contributed by atoms with E-state index in [2.05, 4.69) is 13.5 Å². The van der Waals surface area contributed by atoms with E-state index in [1.165, 1.54) is 0 Å². The maximum absolute atomic E-state index is 3.49. The Morgan fingerprint density at radius 1 is 1.38 bits per heavy atom. The van der Waals surface area contributed by atoms with Gasteiger partial charge in [0.1, 0.15) is 0 Å². The minimum Gasteiger partial charge on any atom is -0.312 e. The molecule has 1 nitrogen and oxygen atoms in total. The molecule has 1 radical (unpaired) electrons. The Morgan fingerprint density at radius 2 is 1.50 bits per heavy atom. The fraction of sp³-hybridized carbons (Fsp3) is 0.571. The molecule has 49 valence electrons. The molecule has 0 aromatic heterocycles. The van der Waals surface area contributed by atoms with Gasteiger partial charge < -0.3 is 4.90 Å². The molecule has 0 amide bonds. The van der Waals surface area contributed by atoms with E-state index in [1.54, 1.807) is 6.08 Å². The van der Waals surface area contributed by atoms with Crippen molar-refractivity contribution in [2.24, 2.45) is 0 Å². The molecule has 0 N–H and O–H groups in total. The summed E-state index contributed by atoms with van der Waals surface area (Å²) in [4.78, 5) is 2.00. The lowest BCUT2D eigenvalue weighted by Gasteiger charge is -1.90. The van der Waals surface area contributed by atoms with Gasteiger partial charge in [-0.2, -0.15) is 0 Å². The molecule has 0 fully saturated rings. The number of hydrogen-bond donors (Lipinski definition) is 0. The second kappa shape index (κ2) is 9.85. The highest BCUT2D eigenvalue weighted by atomic mass is 15.0. The lowest BCUT2D eigenvalue weighted by Crippen LogP contribution is -1.99. The summed E-state index contributed by atoms with van der Waals surface area (Å²) in [5.41, 5.74) is 0. The molecule has 0 atom stereocenters. The van der Waals surface area contributed by atoms with Gasteiger partial charge in [0.15, 0.2) is 0 Å². The van der Waals surface area contributed by atoms with Gasteiger partial charge in [0, 0.05) is 0 Å². The van der Waals surface area contributed by atoms with E-state index in [1.807, 2.05) is 26.0 Å². The summed E-state index contributed by atoms with van der Waals surface area (Å²) >= 11 is 0. The topological polar surface area (TPSA) is 3.24 Å². The van der Waals surface area contributed by atoms with Gasteiger partial charge in [-0.15, -0.1) is 6.58 Å². The van der Waals surface area contributed by atoms with E-state index >= 15 is 0 Å². The third-order valence-electron chi connectivity index (χ3n) is 0.204. The Bertz CT molecular complexity index is 36.9. The number of allylic oxidation sites excluding steroid dienone is 1. The molecule has 0 bridgehead atoms. The second-order valence-electron chi connectivity index (χ2n) is 1.92. The number of rotatable bonds is 1. The van der Waals surface area contributed by atoms with Crippen LogP contribution in [0.25, 0.3) is 0 Å². The third-order valence-corrected chi connectivity index (χ3v) is 0.204. The van der Waals surface area contributed by atoms with Crippen LogP contribution in [0.4, 0.5) is 0 Å². The summed E-state index contributed by atoms with van der Waals surface area (Å²) in [6.07, 6.45) is 2.60. The molecule has 0 spiro atoms. The molecule has 0 aliphatic rings. The Morgan fingerprint density at radius 3 is 1.50 bits per heavy atom. The van der Waals surface area contributed by atoms with Crippen molar-refractivity contribution >= 4 is 0 Å². The van der Waals surface area contributed by atoms with Crippen LogP contribution < -0.4 is 0 Å². The molecule has 0 aromatic rings. The van der Waals surface area contributed by atoms with Gasteiger partial charge >= 0.3 is 0 Å². The van der Waals surface area contributed by atoms with Gasteiger partial charge in [-0.05, 0) is 34.5 Å². The summed E-state index contributed by atoms with van der Waals surface area (Å²) in [6.45, 7) is 6.90. The fourth-order valence-corrected chi connectivity index (χ4v) is 0. The van der Waals surface area contributed by atoms with Crippen LogP contribution in [0.5, 0.6) is 0 Å². The molecule has 0 aliphatic heterocycles. The second-order valence-corrected chi connectivity index (χ2v) is 1.92. The van der Waals surface area contributed by atoms with E-state index in [9.17, 15) is 0 Å². The van der Waals surface area contributed by atoms with Crippen molar-refractivity contribution in [1.29, 1.82) is 0 Å². The van der Waals surface area contributed by atoms with Crippen LogP contribution >= 0.6 is 0 Å². The molecule has 8 heavy (non-hydrogen) atoms. The molecule has 0 aromatic carbocycles. The predicted octanol–water partition coefficient (Wildman–Crippen LogP) is 1.57. The highest BCUT2D eigenvalue weighted by Gasteiger charge is 1.58. The molecule has 0 unspecified atom stereocenters. The monoisotopic (exact) mass is 114 g/mol. The van der Waals surface area contributed by atoms with Crippen LogP contribution in [0.15, 0.2) is 12.7 Å². The normalized spacial score (nSPS) is 7.62. The lowest BCUT2D eigenvalue weighted by atomic mass is 10.5. The summed E-state index contributed by atoms with van der Waals surface area (Å²) in [7, 11) is 6.00. The van der Waals surface area contributed by atoms with Crippen LogP contribution in [0.3, 0.4) is 0 Å². The van der Waals surface area contributed by atoms with Crippen molar-refractivity contribution < 1.29 is 0 Å². The summed E-state index contributed by atoms with van der Waals surface area (Å²) in [6, 6.07) is 0. The SMILES string of the molecule is CN(C)C.[CH2]CC=C. The minimum atomic E-state index is 0.833. The maximum Gasteiger partial charge on any atom is -0.0140 e. The first-order chi connectivity index (χ1) is 3.65. The summed E-state index contributed by atoms with van der Waals surface area (Å²) < 4.78 is 0. The van der Waals surface area contributed by atoms with E-state index in [0.29, 0.717) is 0 Å². The zero-order chi connectivity index (χ0) is 6.99. The van der Waals surface area contributed by atoms with Gasteiger partial charge in [0.05, 0.1) is 0 Å². The average molecular weight is 114 g/mol. The quantitative estimate of drug-likeness (QED) is 0.468. The standard InChI is InChI=1S/C4H7.C3H9N/c1-3-4-2;1-4(2)3/h3H,1-2,4H2;1-3H3. The van der Waals surface area contributed by atoms with Gasteiger partial charge in [0.25, 0.3) is 0 Å². The van der Waals surface area contributed by atoms with Crippen molar-refractivity contribution in [3.8, 4) is 0 Å². The predicted molar refractivity (Wildman–Crippen MR) is 39.8 cm³/mol. The molecule has 1 heteroatoms. The largest absolute Gasteiger partial charge is 0.312 e. The smallest absolute Gasteiger partial charge is 0.0140 e. The van der Waals surface area contributed by atoms with Crippen LogP contribution in [0.2, 0.25) is 0 Å². The molecule has 0 rings (SSSR count). The van der Waals surface area contributed by atoms with Crippen LogP contribution in [0.1, 0.15) is 6.42 Å². The van der Waals surface area contributed by atoms with Gasteiger partial charge in [-0.3, -0.25) is 0 Å². The van der Waals surface area contributed by atoms with Crippen molar-refractivity contribution in [1.82, 2.24) is 4.90 Å². The summed E-state index contributed by atoms with van der Waals surface area (Å²) in [5.74, 6) is 0. The molecule has 0 heterocycles. The Hall–Kier alpha value is -0.300. The first kappa shape index (κ1) is 10.6. The van der Waals surface area contributed by atoms with E-state index in [4.69, 9.17) is 0 Å². The van der Waals surface area contributed by atoms with Crippen molar-refractivity contribution in [2.75, 3.05) is 21.1 Å². The molecule has 0 aliphatic carbocycles. The first-order valence-corrected chi connectivity index (χ1v) is 2.66.